The highest BCUT2D eigenvalue weighted by Gasteiger charge is 2.18. The van der Waals surface area contributed by atoms with Crippen LogP contribution in [0.3, 0.4) is 0 Å². The quantitative estimate of drug-likeness (QED) is 0.341. The average molecular weight is 438 g/mol. The summed E-state index contributed by atoms with van der Waals surface area (Å²) >= 11 is 12.5. The van der Waals surface area contributed by atoms with Crippen molar-refractivity contribution in [2.75, 3.05) is 0 Å². The molecule has 0 fully saturated rings. The van der Waals surface area contributed by atoms with Crippen LogP contribution >= 0.6 is 23.2 Å². The summed E-state index contributed by atoms with van der Waals surface area (Å²) in [6, 6.07) is 13.2. The standard InChI is InChI=1S/C23H17Cl2N3O2/c1-12-11-26-30-21(12)13-4-7-20-16(8-13)17-10-18(15-6-5-14(24)9-19(15)25)23(29)28(3)22(17)27(20)2/h4-11H,1-3H3. The lowest BCUT2D eigenvalue weighted by atomic mass is 10.0. The van der Waals surface area contributed by atoms with Crippen LogP contribution in [0.4, 0.5) is 0 Å². The predicted molar refractivity (Wildman–Crippen MR) is 121 cm³/mol. The van der Waals surface area contributed by atoms with Gasteiger partial charge in [0, 0.05) is 52.1 Å². The molecule has 2 aromatic carbocycles. The van der Waals surface area contributed by atoms with Crippen molar-refractivity contribution in [3.05, 3.63) is 74.6 Å². The molecule has 5 nitrogen and oxygen atoms in total. The highest BCUT2D eigenvalue weighted by molar-refractivity contribution is 6.36. The van der Waals surface area contributed by atoms with E-state index in [1.54, 1.807) is 36.0 Å². The third kappa shape index (κ3) is 2.70. The molecule has 0 unspecified atom stereocenters. The second-order valence-electron chi connectivity index (χ2n) is 7.41. The van der Waals surface area contributed by atoms with Crippen molar-refractivity contribution in [1.29, 1.82) is 0 Å². The van der Waals surface area contributed by atoms with Crippen molar-refractivity contribution in [2.45, 2.75) is 6.92 Å². The fourth-order valence-corrected chi connectivity index (χ4v) is 4.61. The summed E-state index contributed by atoms with van der Waals surface area (Å²) in [5, 5.41) is 6.83. The van der Waals surface area contributed by atoms with Gasteiger partial charge >= 0.3 is 0 Å². The summed E-state index contributed by atoms with van der Waals surface area (Å²) in [5.74, 6) is 0.736. The molecule has 30 heavy (non-hydrogen) atoms. The van der Waals surface area contributed by atoms with Gasteiger partial charge in [0.1, 0.15) is 5.65 Å². The van der Waals surface area contributed by atoms with Crippen molar-refractivity contribution in [1.82, 2.24) is 14.3 Å². The van der Waals surface area contributed by atoms with Crippen LogP contribution in [0.5, 0.6) is 0 Å². The van der Waals surface area contributed by atoms with E-state index in [0.717, 1.165) is 38.8 Å². The van der Waals surface area contributed by atoms with Gasteiger partial charge < -0.3 is 9.09 Å². The Morgan fingerprint density at radius 3 is 2.43 bits per heavy atom. The van der Waals surface area contributed by atoms with Crippen LogP contribution in [-0.4, -0.2) is 14.3 Å². The van der Waals surface area contributed by atoms with E-state index in [4.69, 9.17) is 27.7 Å². The van der Waals surface area contributed by atoms with Crippen molar-refractivity contribution < 1.29 is 4.52 Å². The number of benzene rings is 2. The van der Waals surface area contributed by atoms with Gasteiger partial charge in [-0.15, -0.1) is 0 Å². The minimum Gasteiger partial charge on any atom is -0.356 e. The Hall–Kier alpha value is -3.02. The van der Waals surface area contributed by atoms with Gasteiger partial charge in [-0.1, -0.05) is 34.4 Å². The number of halogens is 2. The summed E-state index contributed by atoms with van der Waals surface area (Å²) < 4.78 is 9.12. The number of aryl methyl sites for hydroxylation is 3. The van der Waals surface area contributed by atoms with E-state index in [0.29, 0.717) is 21.2 Å². The van der Waals surface area contributed by atoms with Gasteiger partial charge in [-0.25, -0.2) is 0 Å². The van der Waals surface area contributed by atoms with Crippen LogP contribution in [0.15, 0.2) is 58.0 Å². The van der Waals surface area contributed by atoms with E-state index in [-0.39, 0.29) is 5.56 Å². The lowest BCUT2D eigenvalue weighted by molar-refractivity contribution is 0.432. The Bertz CT molecular complexity index is 1530. The molecule has 0 radical (unpaired) electrons. The Labute approximate surface area is 182 Å². The van der Waals surface area contributed by atoms with E-state index in [2.05, 4.69) is 11.2 Å². The van der Waals surface area contributed by atoms with E-state index in [1.165, 1.54) is 0 Å². The molecule has 0 N–H and O–H groups in total. The molecule has 0 saturated heterocycles. The fourth-order valence-electron chi connectivity index (χ4n) is 4.10. The first-order chi connectivity index (χ1) is 14.4. The minimum absolute atomic E-state index is 0.121. The Balaban J connectivity index is 1.87. The maximum Gasteiger partial charge on any atom is 0.259 e. The Morgan fingerprint density at radius 1 is 0.933 bits per heavy atom. The number of nitrogens with zero attached hydrogens (tertiary/aromatic N) is 3. The summed E-state index contributed by atoms with van der Waals surface area (Å²) in [6.07, 6.45) is 1.70. The molecular weight excluding hydrogens is 421 g/mol. The van der Waals surface area contributed by atoms with E-state index >= 15 is 0 Å². The molecular formula is C23H17Cl2N3O2. The largest absolute Gasteiger partial charge is 0.356 e. The van der Waals surface area contributed by atoms with Gasteiger partial charge in [0.25, 0.3) is 5.56 Å². The molecule has 0 spiro atoms. The van der Waals surface area contributed by atoms with Crippen LogP contribution in [-0.2, 0) is 14.1 Å². The second kappa shape index (κ2) is 6.76. The van der Waals surface area contributed by atoms with Crippen LogP contribution in [0.25, 0.3) is 44.4 Å². The number of hydrogen-bond donors (Lipinski definition) is 0. The molecule has 0 bridgehead atoms. The molecule has 0 aliphatic carbocycles. The zero-order chi connectivity index (χ0) is 21.2. The van der Waals surface area contributed by atoms with Crippen molar-refractivity contribution in [3.63, 3.8) is 0 Å². The predicted octanol–water partition coefficient (Wildman–Crippen LogP) is 5.97. The number of rotatable bonds is 2. The summed E-state index contributed by atoms with van der Waals surface area (Å²) in [7, 11) is 3.73. The number of aromatic nitrogens is 3. The monoisotopic (exact) mass is 437 g/mol. The molecule has 0 aliphatic heterocycles. The first kappa shape index (κ1) is 19.0. The second-order valence-corrected chi connectivity index (χ2v) is 8.26. The molecule has 3 heterocycles. The molecule has 150 valence electrons. The third-order valence-electron chi connectivity index (χ3n) is 5.58. The Kier molecular flexibility index (Phi) is 4.27. The van der Waals surface area contributed by atoms with Crippen molar-refractivity contribution in [2.24, 2.45) is 14.1 Å². The average Bonchev–Trinajstić information content (AvgIpc) is 3.26. The van der Waals surface area contributed by atoms with E-state index in [1.807, 2.05) is 36.7 Å². The smallest absolute Gasteiger partial charge is 0.259 e. The first-order valence-electron chi connectivity index (χ1n) is 9.36. The lowest BCUT2D eigenvalue weighted by Gasteiger charge is -2.09. The van der Waals surface area contributed by atoms with Crippen LogP contribution < -0.4 is 5.56 Å². The van der Waals surface area contributed by atoms with Crippen molar-refractivity contribution in [3.8, 4) is 22.5 Å². The highest BCUT2D eigenvalue weighted by Crippen LogP contribution is 2.35. The highest BCUT2D eigenvalue weighted by atomic mass is 35.5. The SMILES string of the molecule is Cc1cnoc1-c1ccc2c(c1)c1cc(-c3ccc(Cl)cc3Cl)c(=O)n(C)c1n2C. The minimum atomic E-state index is -0.121. The molecule has 0 amide bonds. The number of pyridine rings is 1. The van der Waals surface area contributed by atoms with Crippen molar-refractivity contribution >= 4 is 45.1 Å². The maximum atomic E-state index is 13.2. The first-order valence-corrected chi connectivity index (χ1v) is 10.1. The molecule has 5 rings (SSSR count). The van der Waals surface area contributed by atoms with Crippen LogP contribution in [0, 0.1) is 6.92 Å². The fraction of sp³-hybridized carbons (Fsp3) is 0.130. The zero-order valence-electron chi connectivity index (χ0n) is 16.5. The topological polar surface area (TPSA) is 53.0 Å². The van der Waals surface area contributed by atoms with Crippen LogP contribution in [0.1, 0.15) is 5.56 Å². The number of hydrogen-bond acceptors (Lipinski definition) is 3. The molecule has 5 aromatic rings. The molecule has 0 saturated carbocycles. The van der Waals surface area contributed by atoms with Gasteiger partial charge in [0.2, 0.25) is 0 Å². The maximum absolute atomic E-state index is 13.2. The zero-order valence-corrected chi connectivity index (χ0v) is 18.0. The molecule has 0 atom stereocenters. The van der Waals surface area contributed by atoms with Gasteiger partial charge in [0.15, 0.2) is 5.76 Å². The third-order valence-corrected chi connectivity index (χ3v) is 6.13. The van der Waals surface area contributed by atoms with Gasteiger partial charge in [0.05, 0.1) is 16.7 Å². The van der Waals surface area contributed by atoms with Gasteiger partial charge in [-0.3, -0.25) is 9.36 Å². The lowest BCUT2D eigenvalue weighted by Crippen LogP contribution is -2.20. The van der Waals surface area contributed by atoms with E-state index in [9.17, 15) is 4.79 Å². The van der Waals surface area contributed by atoms with Gasteiger partial charge in [-0.05, 0) is 43.3 Å². The normalized spacial score (nSPS) is 11.6. The summed E-state index contributed by atoms with van der Waals surface area (Å²) in [6.45, 7) is 1.96. The number of fused-ring (bicyclic) bond motifs is 3. The van der Waals surface area contributed by atoms with Crippen LogP contribution in [0.2, 0.25) is 10.0 Å². The summed E-state index contributed by atoms with van der Waals surface area (Å²) in [4.78, 5) is 13.2. The van der Waals surface area contributed by atoms with Gasteiger partial charge in [-0.2, -0.15) is 0 Å². The Morgan fingerprint density at radius 2 is 1.73 bits per heavy atom. The molecule has 0 aliphatic rings. The summed E-state index contributed by atoms with van der Waals surface area (Å²) in [5.41, 5.74) is 4.81. The molecule has 3 aromatic heterocycles. The van der Waals surface area contributed by atoms with E-state index < -0.39 is 0 Å². The molecule has 7 heteroatoms.